The Balaban J connectivity index is 1.27. The Kier molecular flexibility index (Phi) is 4.62. The zero-order valence-corrected chi connectivity index (χ0v) is 17.4. The lowest BCUT2D eigenvalue weighted by atomic mass is 10.1. The van der Waals surface area contributed by atoms with Crippen molar-refractivity contribution in [1.29, 1.82) is 0 Å². The maximum atomic E-state index is 12.4. The van der Waals surface area contributed by atoms with E-state index in [1.165, 1.54) is 22.0 Å². The van der Waals surface area contributed by atoms with Crippen molar-refractivity contribution in [1.82, 2.24) is 9.78 Å². The van der Waals surface area contributed by atoms with Crippen molar-refractivity contribution in [2.45, 2.75) is 18.9 Å². The van der Waals surface area contributed by atoms with Gasteiger partial charge in [-0.3, -0.25) is 9.59 Å². The van der Waals surface area contributed by atoms with E-state index >= 15 is 0 Å². The molecule has 1 aromatic heterocycles. The van der Waals surface area contributed by atoms with Crippen LogP contribution in [0.4, 0.5) is 11.5 Å². The summed E-state index contributed by atoms with van der Waals surface area (Å²) >= 11 is 0. The zero-order valence-electron chi connectivity index (χ0n) is 16.5. The molecule has 1 atom stereocenters. The van der Waals surface area contributed by atoms with Gasteiger partial charge in [0.05, 0.1) is 23.7 Å². The third kappa shape index (κ3) is 3.72. The number of aromatic nitrogens is 2. The van der Waals surface area contributed by atoms with E-state index in [0.29, 0.717) is 17.9 Å². The summed E-state index contributed by atoms with van der Waals surface area (Å²) in [6, 6.07) is 15.0. The van der Waals surface area contributed by atoms with Crippen molar-refractivity contribution in [2.24, 2.45) is 0 Å². The van der Waals surface area contributed by atoms with Crippen LogP contribution >= 0.6 is 0 Å². The van der Waals surface area contributed by atoms with Gasteiger partial charge in [-0.15, -0.1) is 0 Å². The Morgan fingerprint density at radius 1 is 0.968 bits per heavy atom. The summed E-state index contributed by atoms with van der Waals surface area (Å²) in [6.45, 7) is 0. The SMILES string of the molecule is O=C(Nc1ccc2c(c1)Cc1ccccc1-2)C(=O)Nc1ccnn1C1CCS(=O)(=O)C1. The molecule has 2 amide bonds. The van der Waals surface area contributed by atoms with Gasteiger partial charge in [-0.25, -0.2) is 13.1 Å². The Bertz CT molecular complexity index is 1310. The number of fused-ring (bicyclic) bond motifs is 3. The van der Waals surface area contributed by atoms with Gasteiger partial charge in [0, 0.05) is 11.8 Å². The summed E-state index contributed by atoms with van der Waals surface area (Å²) in [6.07, 6.45) is 2.68. The van der Waals surface area contributed by atoms with Gasteiger partial charge in [-0.2, -0.15) is 5.10 Å². The van der Waals surface area contributed by atoms with Crippen LogP contribution in [0.15, 0.2) is 54.7 Å². The fourth-order valence-electron chi connectivity index (χ4n) is 4.26. The van der Waals surface area contributed by atoms with E-state index < -0.39 is 21.7 Å². The van der Waals surface area contributed by atoms with Crippen LogP contribution in [0.3, 0.4) is 0 Å². The van der Waals surface area contributed by atoms with Crippen LogP contribution in [-0.2, 0) is 25.8 Å². The number of anilines is 2. The molecule has 1 unspecified atom stereocenters. The third-order valence-corrected chi connectivity index (χ3v) is 7.47. The summed E-state index contributed by atoms with van der Waals surface area (Å²) in [7, 11) is -3.10. The molecule has 0 bridgehead atoms. The molecule has 0 radical (unpaired) electrons. The van der Waals surface area contributed by atoms with Gasteiger partial charge in [-0.1, -0.05) is 30.3 Å². The highest BCUT2D eigenvalue weighted by Crippen LogP contribution is 2.37. The van der Waals surface area contributed by atoms with Gasteiger partial charge in [0.2, 0.25) is 0 Å². The van der Waals surface area contributed by atoms with Crippen molar-refractivity contribution in [3.63, 3.8) is 0 Å². The monoisotopic (exact) mass is 436 g/mol. The number of amides is 2. The van der Waals surface area contributed by atoms with E-state index in [-0.39, 0.29) is 17.5 Å². The average Bonchev–Trinajstić information content (AvgIpc) is 3.43. The van der Waals surface area contributed by atoms with Crippen molar-refractivity contribution >= 4 is 33.2 Å². The van der Waals surface area contributed by atoms with Crippen molar-refractivity contribution in [3.05, 3.63) is 65.9 Å². The molecular formula is C22H20N4O4S. The van der Waals surface area contributed by atoms with Gasteiger partial charge in [0.1, 0.15) is 5.82 Å². The molecule has 5 rings (SSSR count). The topological polar surface area (TPSA) is 110 Å². The third-order valence-electron chi connectivity index (χ3n) is 5.72. The van der Waals surface area contributed by atoms with E-state index in [1.807, 2.05) is 24.3 Å². The molecule has 2 heterocycles. The van der Waals surface area contributed by atoms with Gasteiger partial charge in [-0.05, 0) is 47.2 Å². The number of nitrogens with zero attached hydrogens (tertiary/aromatic N) is 2. The van der Waals surface area contributed by atoms with E-state index in [2.05, 4.69) is 27.9 Å². The fraction of sp³-hybridized carbons (Fsp3) is 0.227. The molecule has 1 saturated heterocycles. The fourth-order valence-corrected chi connectivity index (χ4v) is 5.95. The van der Waals surface area contributed by atoms with Crippen molar-refractivity contribution < 1.29 is 18.0 Å². The molecular weight excluding hydrogens is 416 g/mol. The minimum atomic E-state index is -3.10. The molecule has 2 aromatic carbocycles. The largest absolute Gasteiger partial charge is 0.318 e. The maximum absolute atomic E-state index is 12.4. The summed E-state index contributed by atoms with van der Waals surface area (Å²) in [5.74, 6) is -1.28. The average molecular weight is 436 g/mol. The number of hydrogen-bond acceptors (Lipinski definition) is 5. The van der Waals surface area contributed by atoms with Gasteiger partial charge in [0.15, 0.2) is 9.84 Å². The zero-order chi connectivity index (χ0) is 21.6. The summed E-state index contributed by atoms with van der Waals surface area (Å²) in [5.41, 5.74) is 5.20. The lowest BCUT2D eigenvalue weighted by Gasteiger charge is -2.14. The summed E-state index contributed by atoms with van der Waals surface area (Å²) < 4.78 is 24.9. The molecule has 2 aliphatic rings. The minimum absolute atomic E-state index is 0.0265. The Hall–Kier alpha value is -3.46. The van der Waals surface area contributed by atoms with Crippen LogP contribution < -0.4 is 10.6 Å². The van der Waals surface area contributed by atoms with Crippen molar-refractivity contribution in [3.8, 4) is 11.1 Å². The number of carbonyl (C=O) groups is 2. The van der Waals surface area contributed by atoms with Crippen LogP contribution in [0.2, 0.25) is 0 Å². The first-order valence-electron chi connectivity index (χ1n) is 9.97. The standard InChI is InChI=1S/C22H20N4O4S/c27-21(22(28)25-20-7-9-23-26(20)17-8-10-31(29,30)13-17)24-16-5-6-19-15(12-16)11-14-3-1-2-4-18(14)19/h1-7,9,12,17H,8,10-11,13H2,(H,24,27)(H,25,28). The smallest absolute Gasteiger partial charge is 0.315 e. The minimum Gasteiger partial charge on any atom is -0.318 e. The van der Waals surface area contributed by atoms with Crippen LogP contribution in [0.1, 0.15) is 23.6 Å². The van der Waals surface area contributed by atoms with Gasteiger partial charge >= 0.3 is 11.8 Å². The molecule has 158 valence electrons. The highest BCUT2D eigenvalue weighted by molar-refractivity contribution is 7.91. The molecule has 2 N–H and O–H groups in total. The number of rotatable bonds is 3. The Labute approximate surface area is 179 Å². The molecule has 1 aliphatic heterocycles. The van der Waals surface area contributed by atoms with Crippen LogP contribution in [0, 0.1) is 0 Å². The second-order valence-electron chi connectivity index (χ2n) is 7.83. The first-order valence-corrected chi connectivity index (χ1v) is 11.8. The van der Waals surface area contributed by atoms with E-state index in [1.54, 1.807) is 12.1 Å². The first kappa shape index (κ1) is 19.5. The van der Waals surface area contributed by atoms with Crippen LogP contribution in [-0.4, -0.2) is 41.5 Å². The molecule has 1 aliphatic carbocycles. The quantitative estimate of drug-likeness (QED) is 0.479. The Morgan fingerprint density at radius 2 is 1.74 bits per heavy atom. The van der Waals surface area contributed by atoms with Gasteiger partial charge < -0.3 is 10.6 Å². The number of hydrogen-bond donors (Lipinski definition) is 2. The molecule has 3 aromatic rings. The normalized spacial score (nSPS) is 18.3. The molecule has 0 spiro atoms. The first-order chi connectivity index (χ1) is 14.9. The lowest BCUT2D eigenvalue weighted by Crippen LogP contribution is -2.30. The number of benzene rings is 2. The molecule has 8 nitrogen and oxygen atoms in total. The predicted molar refractivity (Wildman–Crippen MR) is 116 cm³/mol. The second-order valence-corrected chi connectivity index (χ2v) is 10.1. The number of nitrogens with one attached hydrogen (secondary N) is 2. The summed E-state index contributed by atoms with van der Waals surface area (Å²) in [5, 5.41) is 9.30. The maximum Gasteiger partial charge on any atom is 0.315 e. The Morgan fingerprint density at radius 3 is 2.55 bits per heavy atom. The molecule has 0 saturated carbocycles. The van der Waals surface area contributed by atoms with Gasteiger partial charge in [0.25, 0.3) is 0 Å². The van der Waals surface area contributed by atoms with Crippen LogP contribution in [0.25, 0.3) is 11.1 Å². The van der Waals surface area contributed by atoms with Crippen LogP contribution in [0.5, 0.6) is 0 Å². The molecule has 9 heteroatoms. The highest BCUT2D eigenvalue weighted by atomic mass is 32.2. The molecule has 31 heavy (non-hydrogen) atoms. The van der Waals surface area contributed by atoms with E-state index in [9.17, 15) is 18.0 Å². The number of sulfone groups is 1. The highest BCUT2D eigenvalue weighted by Gasteiger charge is 2.31. The number of carbonyl (C=O) groups excluding carboxylic acids is 2. The van der Waals surface area contributed by atoms with E-state index in [4.69, 9.17) is 0 Å². The second kappa shape index (κ2) is 7.35. The van der Waals surface area contributed by atoms with E-state index in [0.717, 1.165) is 17.5 Å². The predicted octanol–water partition coefficient (Wildman–Crippen LogP) is 2.39. The van der Waals surface area contributed by atoms with Crippen molar-refractivity contribution in [2.75, 3.05) is 22.1 Å². The lowest BCUT2D eigenvalue weighted by molar-refractivity contribution is -0.133. The summed E-state index contributed by atoms with van der Waals surface area (Å²) in [4.78, 5) is 24.9. The molecule has 1 fully saturated rings.